The molecule has 1 aliphatic rings. The molecule has 1 atom stereocenters. The maximum atomic E-state index is 12.8. The van der Waals surface area contributed by atoms with Gasteiger partial charge in [-0.2, -0.15) is 4.31 Å². The van der Waals surface area contributed by atoms with Gasteiger partial charge in [0.1, 0.15) is 5.75 Å². The highest BCUT2D eigenvalue weighted by atomic mass is 32.2. The summed E-state index contributed by atoms with van der Waals surface area (Å²) in [5.74, 6) is 0.703. The molecule has 2 rings (SSSR count). The molecule has 1 saturated heterocycles. The van der Waals surface area contributed by atoms with Crippen molar-refractivity contribution >= 4 is 10.0 Å². The Morgan fingerprint density at radius 1 is 1.27 bits per heavy atom. The van der Waals surface area contributed by atoms with Gasteiger partial charge >= 0.3 is 0 Å². The fraction of sp³-hybridized carbons (Fsp3) is 0.625. The van der Waals surface area contributed by atoms with Crippen LogP contribution >= 0.6 is 0 Å². The van der Waals surface area contributed by atoms with E-state index in [1.807, 2.05) is 6.92 Å². The molecule has 1 aromatic carbocycles. The lowest BCUT2D eigenvalue weighted by atomic mass is 10.1. The van der Waals surface area contributed by atoms with Crippen molar-refractivity contribution in [3.63, 3.8) is 0 Å². The lowest BCUT2D eigenvalue weighted by Crippen LogP contribution is -2.37. The third-order valence-corrected chi connectivity index (χ3v) is 6.08. The second kappa shape index (κ2) is 6.98. The molecule has 0 radical (unpaired) electrons. The molecule has 0 spiro atoms. The second-order valence-electron chi connectivity index (χ2n) is 5.86. The van der Waals surface area contributed by atoms with Gasteiger partial charge in [-0.15, -0.1) is 0 Å². The lowest BCUT2D eigenvalue weighted by molar-refractivity contribution is 0.00858. The molecule has 0 bridgehead atoms. The predicted octanol–water partition coefficient (Wildman–Crippen LogP) is 2.50. The van der Waals surface area contributed by atoms with Crippen LogP contribution in [0.25, 0.3) is 0 Å². The van der Waals surface area contributed by atoms with Crippen LogP contribution in [0.5, 0.6) is 5.75 Å². The number of aryl methyl sites for hydroxylation is 2. The molecule has 5 nitrogen and oxygen atoms in total. The van der Waals surface area contributed by atoms with E-state index in [9.17, 15) is 8.42 Å². The van der Waals surface area contributed by atoms with Crippen LogP contribution in [0.2, 0.25) is 0 Å². The van der Waals surface area contributed by atoms with E-state index < -0.39 is 10.0 Å². The summed E-state index contributed by atoms with van der Waals surface area (Å²) in [4.78, 5) is 0.337. The summed E-state index contributed by atoms with van der Waals surface area (Å²) in [5, 5.41) is 0. The zero-order chi connectivity index (χ0) is 16.3. The van der Waals surface area contributed by atoms with E-state index in [1.54, 1.807) is 33.2 Å². The van der Waals surface area contributed by atoms with Gasteiger partial charge in [0.05, 0.1) is 18.1 Å². The summed E-state index contributed by atoms with van der Waals surface area (Å²) in [6, 6.07) is 3.45. The van der Waals surface area contributed by atoms with Crippen LogP contribution in [0.4, 0.5) is 0 Å². The van der Waals surface area contributed by atoms with E-state index in [-0.39, 0.29) is 6.10 Å². The molecule has 0 aromatic heterocycles. The first-order chi connectivity index (χ1) is 10.4. The SMILES string of the molecule is COc1cc(C)c(S(=O)(=O)N(C)CC2CCCCO2)cc1C. The van der Waals surface area contributed by atoms with Crippen molar-refractivity contribution in [3.8, 4) is 5.75 Å². The Bertz CT molecular complexity index is 621. The van der Waals surface area contributed by atoms with Crippen molar-refractivity contribution < 1.29 is 17.9 Å². The standard InChI is InChI=1S/C16H25NO4S/c1-12-10-16(13(2)9-15(12)20-4)22(18,19)17(3)11-14-7-5-6-8-21-14/h9-10,14H,5-8,11H2,1-4H3. The Balaban J connectivity index is 2.23. The predicted molar refractivity (Wildman–Crippen MR) is 85.9 cm³/mol. The molecule has 0 aliphatic carbocycles. The maximum Gasteiger partial charge on any atom is 0.243 e. The van der Waals surface area contributed by atoms with Crippen molar-refractivity contribution in [3.05, 3.63) is 23.3 Å². The van der Waals surface area contributed by atoms with Gasteiger partial charge in [0.15, 0.2) is 0 Å². The number of ether oxygens (including phenoxy) is 2. The summed E-state index contributed by atoms with van der Waals surface area (Å²) in [5.41, 5.74) is 1.51. The molecule has 1 heterocycles. The molecule has 0 N–H and O–H groups in total. The summed E-state index contributed by atoms with van der Waals surface area (Å²) >= 11 is 0. The molecule has 0 saturated carbocycles. The van der Waals surface area contributed by atoms with E-state index in [2.05, 4.69) is 0 Å². The first-order valence-corrected chi connectivity index (χ1v) is 9.03. The Morgan fingerprint density at radius 2 is 2.00 bits per heavy atom. The van der Waals surface area contributed by atoms with Gasteiger partial charge in [0.25, 0.3) is 0 Å². The number of nitrogens with zero attached hydrogens (tertiary/aromatic N) is 1. The van der Waals surface area contributed by atoms with Crippen LogP contribution in [-0.2, 0) is 14.8 Å². The van der Waals surface area contributed by atoms with E-state index >= 15 is 0 Å². The largest absolute Gasteiger partial charge is 0.496 e. The normalized spacial score (nSPS) is 19.4. The molecule has 22 heavy (non-hydrogen) atoms. The number of sulfonamides is 1. The molecule has 0 amide bonds. The lowest BCUT2D eigenvalue weighted by Gasteiger charge is -2.27. The number of likely N-dealkylation sites (N-methyl/N-ethyl adjacent to an activating group) is 1. The van der Waals surface area contributed by atoms with Gasteiger partial charge in [-0.25, -0.2) is 8.42 Å². The van der Waals surface area contributed by atoms with E-state index in [0.29, 0.717) is 22.8 Å². The first kappa shape index (κ1) is 17.2. The topological polar surface area (TPSA) is 55.8 Å². The van der Waals surface area contributed by atoms with Gasteiger partial charge in [-0.3, -0.25) is 0 Å². The first-order valence-electron chi connectivity index (χ1n) is 7.59. The van der Waals surface area contributed by atoms with Gasteiger partial charge < -0.3 is 9.47 Å². The maximum absolute atomic E-state index is 12.8. The van der Waals surface area contributed by atoms with Gasteiger partial charge in [-0.05, 0) is 56.4 Å². The smallest absolute Gasteiger partial charge is 0.243 e. The number of hydrogen-bond donors (Lipinski definition) is 0. The van der Waals surface area contributed by atoms with Crippen molar-refractivity contribution in [2.75, 3.05) is 27.3 Å². The van der Waals surface area contributed by atoms with E-state index in [4.69, 9.17) is 9.47 Å². The number of methoxy groups -OCH3 is 1. The third kappa shape index (κ3) is 3.62. The van der Waals surface area contributed by atoms with Crippen LogP contribution in [-0.4, -0.2) is 46.1 Å². The zero-order valence-electron chi connectivity index (χ0n) is 13.8. The highest BCUT2D eigenvalue weighted by Crippen LogP contribution is 2.27. The van der Waals surface area contributed by atoms with E-state index in [0.717, 1.165) is 31.4 Å². The van der Waals surface area contributed by atoms with Crippen molar-refractivity contribution in [2.45, 2.75) is 44.1 Å². The minimum atomic E-state index is -3.52. The third-order valence-electron chi connectivity index (χ3n) is 4.12. The number of rotatable bonds is 5. The van der Waals surface area contributed by atoms with E-state index in [1.165, 1.54) is 4.31 Å². The minimum Gasteiger partial charge on any atom is -0.496 e. The van der Waals surface area contributed by atoms with Crippen LogP contribution in [0, 0.1) is 13.8 Å². The summed E-state index contributed by atoms with van der Waals surface area (Å²) in [7, 11) is -0.316. The Morgan fingerprint density at radius 3 is 2.59 bits per heavy atom. The molecule has 1 aromatic rings. The molecular formula is C16H25NO4S. The van der Waals surface area contributed by atoms with Crippen LogP contribution in [0.15, 0.2) is 17.0 Å². The molecular weight excluding hydrogens is 302 g/mol. The number of benzene rings is 1. The quantitative estimate of drug-likeness (QED) is 0.834. The van der Waals surface area contributed by atoms with Crippen molar-refractivity contribution in [1.82, 2.24) is 4.31 Å². The van der Waals surface area contributed by atoms with Gasteiger partial charge in [0.2, 0.25) is 10.0 Å². The molecule has 1 aliphatic heterocycles. The monoisotopic (exact) mass is 327 g/mol. The zero-order valence-corrected chi connectivity index (χ0v) is 14.6. The Kier molecular flexibility index (Phi) is 5.47. The summed E-state index contributed by atoms with van der Waals surface area (Å²) < 4.78 is 37.9. The summed E-state index contributed by atoms with van der Waals surface area (Å²) in [6.45, 7) is 4.76. The molecule has 1 fully saturated rings. The fourth-order valence-corrected chi connectivity index (χ4v) is 4.26. The van der Waals surface area contributed by atoms with Crippen molar-refractivity contribution in [2.24, 2.45) is 0 Å². The van der Waals surface area contributed by atoms with Crippen molar-refractivity contribution in [1.29, 1.82) is 0 Å². The highest BCUT2D eigenvalue weighted by molar-refractivity contribution is 7.89. The Labute approximate surface area is 133 Å². The molecule has 124 valence electrons. The number of hydrogen-bond acceptors (Lipinski definition) is 4. The van der Waals surface area contributed by atoms with Crippen LogP contribution in [0.3, 0.4) is 0 Å². The highest BCUT2D eigenvalue weighted by Gasteiger charge is 2.27. The average Bonchev–Trinajstić information content (AvgIpc) is 2.50. The fourth-order valence-electron chi connectivity index (χ4n) is 2.77. The Hall–Kier alpha value is -1.11. The average molecular weight is 327 g/mol. The van der Waals surface area contributed by atoms with Gasteiger partial charge in [-0.1, -0.05) is 0 Å². The minimum absolute atomic E-state index is 0.00632. The van der Waals surface area contributed by atoms with Crippen LogP contribution in [0.1, 0.15) is 30.4 Å². The molecule has 1 unspecified atom stereocenters. The van der Waals surface area contributed by atoms with Gasteiger partial charge in [0, 0.05) is 20.2 Å². The molecule has 6 heteroatoms. The van der Waals surface area contributed by atoms with Crippen LogP contribution < -0.4 is 4.74 Å². The second-order valence-corrected chi connectivity index (χ2v) is 7.87. The summed E-state index contributed by atoms with van der Waals surface area (Å²) in [6.07, 6.45) is 3.07.